The standard InChI is InChI=1S/C26H37O7P/c1-22(2)25(27)26(3,4)21-30-16-15-29-17-18-31-34(28,32-19-23-11-7-5-8-12-23)33-20-24-13-9-6-10-14-24/h5-14,22H,15-21H2,1-4H3. The lowest BCUT2D eigenvalue weighted by Crippen LogP contribution is -2.33. The van der Waals surface area contributed by atoms with Crippen LogP contribution in [0, 0.1) is 11.3 Å². The van der Waals surface area contributed by atoms with Crippen LogP contribution < -0.4 is 0 Å². The second-order valence-corrected chi connectivity index (χ2v) is 10.5. The molecule has 0 aromatic heterocycles. The van der Waals surface area contributed by atoms with Crippen LogP contribution in [0.2, 0.25) is 0 Å². The summed E-state index contributed by atoms with van der Waals surface area (Å²) in [6, 6.07) is 18.8. The number of Topliss-reactive ketones (excluding diaryl/α,β-unsaturated/α-hetero) is 1. The first-order chi connectivity index (χ1) is 16.2. The SMILES string of the molecule is CC(C)C(=O)C(C)(C)COCCOCCOP(=O)(OCc1ccccc1)OCc1ccccc1. The van der Waals surface area contributed by atoms with Crippen molar-refractivity contribution >= 4 is 13.6 Å². The van der Waals surface area contributed by atoms with Gasteiger partial charge in [0.1, 0.15) is 5.78 Å². The van der Waals surface area contributed by atoms with E-state index in [9.17, 15) is 9.36 Å². The third kappa shape index (κ3) is 10.6. The van der Waals surface area contributed by atoms with Gasteiger partial charge in [-0.25, -0.2) is 4.57 Å². The Bertz CT molecular complexity index is 837. The van der Waals surface area contributed by atoms with E-state index in [1.54, 1.807) is 0 Å². The van der Waals surface area contributed by atoms with Crippen molar-refractivity contribution in [1.82, 2.24) is 0 Å². The fourth-order valence-electron chi connectivity index (χ4n) is 3.18. The van der Waals surface area contributed by atoms with Gasteiger partial charge < -0.3 is 9.47 Å². The quantitative estimate of drug-likeness (QED) is 0.203. The van der Waals surface area contributed by atoms with E-state index in [1.807, 2.05) is 88.4 Å². The minimum atomic E-state index is -3.80. The summed E-state index contributed by atoms with van der Waals surface area (Å²) in [6.07, 6.45) is 0. The number of benzene rings is 2. The predicted molar refractivity (Wildman–Crippen MR) is 131 cm³/mol. The fraction of sp³-hybridized carbons (Fsp3) is 0.500. The number of carbonyl (C=O) groups is 1. The van der Waals surface area contributed by atoms with Crippen LogP contribution in [0.25, 0.3) is 0 Å². The maximum atomic E-state index is 13.1. The first-order valence-electron chi connectivity index (χ1n) is 11.5. The predicted octanol–water partition coefficient (Wildman–Crippen LogP) is 5.83. The fourth-order valence-corrected chi connectivity index (χ4v) is 4.31. The first kappa shape index (κ1) is 28.4. The number of ketones is 1. The summed E-state index contributed by atoms with van der Waals surface area (Å²) in [4.78, 5) is 12.2. The van der Waals surface area contributed by atoms with Gasteiger partial charge in [-0.3, -0.25) is 18.4 Å². The molecule has 0 N–H and O–H groups in total. The Labute approximate surface area is 203 Å². The van der Waals surface area contributed by atoms with E-state index in [2.05, 4.69) is 0 Å². The molecule has 2 aromatic carbocycles. The highest BCUT2D eigenvalue weighted by molar-refractivity contribution is 7.48. The lowest BCUT2D eigenvalue weighted by atomic mass is 9.83. The topological polar surface area (TPSA) is 80.3 Å². The molecule has 2 rings (SSSR count). The maximum absolute atomic E-state index is 13.1. The van der Waals surface area contributed by atoms with Gasteiger partial charge in [0.2, 0.25) is 0 Å². The monoisotopic (exact) mass is 492 g/mol. The lowest BCUT2D eigenvalue weighted by molar-refractivity contribution is -0.133. The highest BCUT2D eigenvalue weighted by atomic mass is 31.2. The van der Waals surface area contributed by atoms with Gasteiger partial charge in [0.25, 0.3) is 0 Å². The molecule has 0 heterocycles. The number of ether oxygens (including phenoxy) is 2. The van der Waals surface area contributed by atoms with Gasteiger partial charge >= 0.3 is 7.82 Å². The molecule has 0 atom stereocenters. The molecule has 8 heteroatoms. The molecule has 0 aliphatic heterocycles. The highest BCUT2D eigenvalue weighted by Crippen LogP contribution is 2.50. The third-order valence-electron chi connectivity index (χ3n) is 4.97. The van der Waals surface area contributed by atoms with Crippen molar-refractivity contribution < 1.29 is 32.4 Å². The van der Waals surface area contributed by atoms with Gasteiger partial charge in [-0.05, 0) is 11.1 Å². The van der Waals surface area contributed by atoms with Crippen molar-refractivity contribution in [3.8, 4) is 0 Å². The van der Waals surface area contributed by atoms with Crippen LogP contribution >= 0.6 is 7.82 Å². The molecule has 0 fully saturated rings. The Morgan fingerprint density at radius 2 is 1.24 bits per heavy atom. The summed E-state index contributed by atoms with van der Waals surface area (Å²) in [6.45, 7) is 9.00. The summed E-state index contributed by atoms with van der Waals surface area (Å²) in [5.74, 6) is 0.138. The molecule has 0 spiro atoms. The molecule has 2 aromatic rings. The van der Waals surface area contributed by atoms with E-state index in [0.717, 1.165) is 11.1 Å². The molecule has 0 aliphatic carbocycles. The Morgan fingerprint density at radius 3 is 1.74 bits per heavy atom. The van der Waals surface area contributed by atoms with E-state index in [4.69, 9.17) is 23.0 Å². The molecule has 0 radical (unpaired) electrons. The van der Waals surface area contributed by atoms with Crippen molar-refractivity contribution in [1.29, 1.82) is 0 Å². The molecular weight excluding hydrogens is 455 g/mol. The Hall–Kier alpha value is -1.86. The Morgan fingerprint density at radius 1 is 0.765 bits per heavy atom. The van der Waals surface area contributed by atoms with Crippen molar-refractivity contribution in [2.45, 2.75) is 40.9 Å². The molecular formula is C26H37O7P. The van der Waals surface area contributed by atoms with Crippen LogP contribution in [0.5, 0.6) is 0 Å². The average molecular weight is 493 g/mol. The van der Waals surface area contributed by atoms with Crippen LogP contribution in [0.1, 0.15) is 38.8 Å². The summed E-state index contributed by atoms with van der Waals surface area (Å²) in [7, 11) is -3.80. The smallest absolute Gasteiger partial charge is 0.378 e. The van der Waals surface area contributed by atoms with E-state index >= 15 is 0 Å². The number of rotatable bonds is 17. The normalized spacial score (nSPS) is 12.3. The number of carbonyl (C=O) groups excluding carboxylic acids is 1. The van der Waals surface area contributed by atoms with Gasteiger partial charge in [0.05, 0.1) is 46.2 Å². The molecule has 0 aliphatic rings. The molecule has 188 valence electrons. The van der Waals surface area contributed by atoms with Crippen molar-refractivity contribution in [2.24, 2.45) is 11.3 Å². The minimum Gasteiger partial charge on any atom is -0.378 e. The Kier molecular flexibility index (Phi) is 12.1. The molecule has 0 saturated carbocycles. The number of phosphoric ester groups is 1. The number of hydrogen-bond donors (Lipinski definition) is 0. The zero-order chi connectivity index (χ0) is 24.9. The zero-order valence-electron chi connectivity index (χ0n) is 20.6. The van der Waals surface area contributed by atoms with Crippen molar-refractivity contribution in [3.63, 3.8) is 0 Å². The molecule has 0 saturated heterocycles. The van der Waals surface area contributed by atoms with Crippen LogP contribution in [-0.4, -0.2) is 38.8 Å². The summed E-state index contributed by atoms with van der Waals surface area (Å²) in [5.41, 5.74) is 1.19. The molecule has 0 bridgehead atoms. The van der Waals surface area contributed by atoms with E-state index in [1.165, 1.54) is 0 Å². The molecule has 34 heavy (non-hydrogen) atoms. The zero-order valence-corrected chi connectivity index (χ0v) is 21.5. The van der Waals surface area contributed by atoms with Gasteiger partial charge in [-0.1, -0.05) is 88.4 Å². The maximum Gasteiger partial charge on any atom is 0.475 e. The summed E-state index contributed by atoms with van der Waals surface area (Å²) >= 11 is 0. The van der Waals surface area contributed by atoms with Gasteiger partial charge in [0, 0.05) is 11.3 Å². The second-order valence-electron chi connectivity index (χ2n) is 8.87. The Balaban J connectivity index is 1.73. The molecule has 0 unspecified atom stereocenters. The third-order valence-corrected chi connectivity index (χ3v) is 6.36. The second kappa shape index (κ2) is 14.5. The van der Waals surface area contributed by atoms with E-state index in [0.29, 0.717) is 19.8 Å². The van der Waals surface area contributed by atoms with Crippen LogP contribution in [0.4, 0.5) is 0 Å². The minimum absolute atomic E-state index is 0.0316. The van der Waals surface area contributed by atoms with Crippen LogP contribution in [0.15, 0.2) is 60.7 Å². The van der Waals surface area contributed by atoms with Crippen molar-refractivity contribution in [3.05, 3.63) is 71.8 Å². The van der Waals surface area contributed by atoms with Gasteiger partial charge in [0.15, 0.2) is 0 Å². The summed E-state index contributed by atoms with van der Waals surface area (Å²) in [5, 5.41) is 0. The molecule has 7 nitrogen and oxygen atoms in total. The highest BCUT2D eigenvalue weighted by Gasteiger charge is 2.30. The van der Waals surface area contributed by atoms with Crippen molar-refractivity contribution in [2.75, 3.05) is 33.0 Å². The van der Waals surface area contributed by atoms with Gasteiger partial charge in [-0.2, -0.15) is 0 Å². The first-order valence-corrected chi connectivity index (χ1v) is 13.0. The average Bonchev–Trinajstić information content (AvgIpc) is 2.84. The van der Waals surface area contributed by atoms with Crippen LogP contribution in [-0.2, 0) is 45.6 Å². The van der Waals surface area contributed by atoms with Crippen LogP contribution in [0.3, 0.4) is 0 Å². The summed E-state index contributed by atoms with van der Waals surface area (Å²) < 4.78 is 40.9. The number of phosphoric acid groups is 1. The van der Waals surface area contributed by atoms with E-state index in [-0.39, 0.29) is 38.1 Å². The lowest BCUT2D eigenvalue weighted by Gasteiger charge is -2.24. The van der Waals surface area contributed by atoms with E-state index < -0.39 is 13.2 Å². The number of hydrogen-bond acceptors (Lipinski definition) is 7. The van der Waals surface area contributed by atoms with Gasteiger partial charge in [-0.15, -0.1) is 0 Å². The largest absolute Gasteiger partial charge is 0.475 e. The molecule has 0 amide bonds.